The maximum Gasteiger partial charge on any atom is 0.256 e. The van der Waals surface area contributed by atoms with Gasteiger partial charge in [-0.15, -0.1) is 0 Å². The Morgan fingerprint density at radius 3 is 2.66 bits per heavy atom. The smallest absolute Gasteiger partial charge is 0.256 e. The second kappa shape index (κ2) is 8.36. The Morgan fingerprint density at radius 2 is 1.83 bits per heavy atom. The summed E-state index contributed by atoms with van der Waals surface area (Å²) in [5, 5.41) is 16.4. The van der Waals surface area contributed by atoms with Crippen LogP contribution in [0.4, 0.5) is 5.69 Å². The van der Waals surface area contributed by atoms with Crippen molar-refractivity contribution < 1.29 is 14.5 Å². The number of hydrogen-bond acceptors (Lipinski definition) is 5. The van der Waals surface area contributed by atoms with Crippen molar-refractivity contribution in [1.82, 2.24) is 4.90 Å². The van der Waals surface area contributed by atoms with Crippen molar-refractivity contribution in [1.29, 1.82) is 0 Å². The molecule has 0 aliphatic carbocycles. The normalized spacial score (nSPS) is 27.0. The summed E-state index contributed by atoms with van der Waals surface area (Å²) in [6.45, 7) is 0.880. The van der Waals surface area contributed by atoms with E-state index in [1.165, 1.54) is 0 Å². The molecule has 1 amide bonds. The standard InChI is InChI=1S/C27H24ClN3O4/c28-20-11-4-1-8-17(20)16-35-23-14-6-2-9-18(23)24-22-13-7-15-30(22)27(25(24)31(33)34)19-10-3-5-12-21(19)29-26(27)32/h1-6,8-12,14,22,24-25H,7,13,15-16H2,(H,29,32)/t22-,24-,25-,27+/m1/s1. The fourth-order valence-corrected chi connectivity index (χ4v) is 6.60. The molecule has 2 fully saturated rings. The number of benzene rings is 3. The third-order valence-corrected chi connectivity index (χ3v) is 8.08. The molecule has 0 aromatic heterocycles. The van der Waals surface area contributed by atoms with Gasteiger partial charge >= 0.3 is 0 Å². The van der Waals surface area contributed by atoms with E-state index in [0.717, 1.165) is 24.0 Å². The first-order valence-electron chi connectivity index (χ1n) is 11.8. The van der Waals surface area contributed by atoms with Gasteiger partial charge in [-0.2, -0.15) is 0 Å². The van der Waals surface area contributed by atoms with Gasteiger partial charge in [-0.05, 0) is 31.0 Å². The first-order valence-corrected chi connectivity index (χ1v) is 12.2. The van der Waals surface area contributed by atoms with Crippen molar-refractivity contribution >= 4 is 23.2 Å². The number of hydrogen-bond donors (Lipinski definition) is 1. The van der Waals surface area contributed by atoms with Gasteiger partial charge in [0.1, 0.15) is 12.4 Å². The highest BCUT2D eigenvalue weighted by Gasteiger charge is 2.73. The zero-order valence-electron chi connectivity index (χ0n) is 18.9. The van der Waals surface area contributed by atoms with E-state index in [2.05, 4.69) is 10.2 Å². The lowest BCUT2D eigenvalue weighted by Gasteiger charge is -2.32. The summed E-state index contributed by atoms with van der Waals surface area (Å²) in [5.74, 6) is -0.240. The molecule has 3 aromatic carbocycles. The average molecular weight is 490 g/mol. The number of carbonyl (C=O) groups is 1. The van der Waals surface area contributed by atoms with Gasteiger partial charge < -0.3 is 10.1 Å². The fourth-order valence-electron chi connectivity index (χ4n) is 6.41. The monoisotopic (exact) mass is 489 g/mol. The number of nitrogens with zero attached hydrogens (tertiary/aromatic N) is 2. The minimum atomic E-state index is -1.35. The number of amides is 1. The second-order valence-corrected chi connectivity index (χ2v) is 9.75. The van der Waals surface area contributed by atoms with E-state index >= 15 is 0 Å². The van der Waals surface area contributed by atoms with E-state index in [1.54, 1.807) is 0 Å². The van der Waals surface area contributed by atoms with Crippen LogP contribution in [0.15, 0.2) is 72.8 Å². The fraction of sp³-hybridized carbons (Fsp3) is 0.296. The van der Waals surface area contributed by atoms with Crippen molar-refractivity contribution in [2.45, 2.75) is 43.0 Å². The first kappa shape index (κ1) is 22.1. The highest BCUT2D eigenvalue weighted by molar-refractivity contribution is 6.31. The molecule has 0 bridgehead atoms. The van der Waals surface area contributed by atoms with Gasteiger partial charge in [0.15, 0.2) is 5.54 Å². The Balaban J connectivity index is 1.46. The highest BCUT2D eigenvalue weighted by atomic mass is 35.5. The zero-order chi connectivity index (χ0) is 24.2. The van der Waals surface area contributed by atoms with Gasteiger partial charge in [0.05, 0.1) is 5.92 Å². The number of ether oxygens (including phenoxy) is 1. The van der Waals surface area contributed by atoms with Crippen LogP contribution < -0.4 is 10.1 Å². The summed E-state index contributed by atoms with van der Waals surface area (Å²) < 4.78 is 6.21. The number of para-hydroxylation sites is 2. The largest absolute Gasteiger partial charge is 0.489 e. The number of anilines is 1. The van der Waals surface area contributed by atoms with Crippen LogP contribution in [0.5, 0.6) is 5.75 Å². The quantitative estimate of drug-likeness (QED) is 0.404. The van der Waals surface area contributed by atoms with Crippen molar-refractivity contribution in [3.05, 3.63) is 105 Å². The van der Waals surface area contributed by atoms with Crippen LogP contribution in [-0.4, -0.2) is 34.4 Å². The van der Waals surface area contributed by atoms with Crippen LogP contribution in [-0.2, 0) is 16.9 Å². The Morgan fingerprint density at radius 1 is 1.09 bits per heavy atom. The lowest BCUT2D eigenvalue weighted by atomic mass is 9.77. The van der Waals surface area contributed by atoms with Crippen molar-refractivity contribution in [2.75, 3.05) is 11.9 Å². The maximum absolute atomic E-state index is 13.6. The zero-order valence-corrected chi connectivity index (χ0v) is 19.6. The molecule has 178 valence electrons. The highest BCUT2D eigenvalue weighted by Crippen LogP contribution is 2.58. The molecule has 2 saturated heterocycles. The Labute approximate surface area is 207 Å². The van der Waals surface area contributed by atoms with Gasteiger partial charge in [0.25, 0.3) is 11.9 Å². The summed E-state index contributed by atoms with van der Waals surface area (Å²) in [4.78, 5) is 28.3. The molecule has 0 saturated carbocycles. The molecular weight excluding hydrogens is 466 g/mol. The van der Waals surface area contributed by atoms with Crippen molar-refractivity contribution in [3.63, 3.8) is 0 Å². The number of fused-ring (bicyclic) bond motifs is 4. The molecule has 3 aliphatic rings. The van der Waals surface area contributed by atoms with Gasteiger partial charge in [0, 0.05) is 44.9 Å². The van der Waals surface area contributed by atoms with Gasteiger partial charge in [-0.1, -0.05) is 66.2 Å². The predicted octanol–water partition coefficient (Wildman–Crippen LogP) is 4.97. The molecule has 3 heterocycles. The molecule has 0 unspecified atom stereocenters. The summed E-state index contributed by atoms with van der Waals surface area (Å²) in [7, 11) is 0. The van der Waals surface area contributed by atoms with Crippen LogP contribution in [0.2, 0.25) is 5.02 Å². The summed E-state index contributed by atoms with van der Waals surface area (Å²) in [6, 6.07) is 21.0. The van der Waals surface area contributed by atoms with Crippen LogP contribution in [0, 0.1) is 10.1 Å². The summed E-state index contributed by atoms with van der Waals surface area (Å²) >= 11 is 6.32. The third kappa shape index (κ3) is 3.18. The number of halogens is 1. The predicted molar refractivity (Wildman–Crippen MR) is 132 cm³/mol. The van der Waals surface area contributed by atoms with Crippen LogP contribution in [0.3, 0.4) is 0 Å². The van der Waals surface area contributed by atoms with E-state index in [0.29, 0.717) is 28.6 Å². The molecule has 4 atom stereocenters. The number of nitro groups is 1. The first-order chi connectivity index (χ1) is 17.0. The molecule has 35 heavy (non-hydrogen) atoms. The molecule has 8 heteroatoms. The Kier molecular flexibility index (Phi) is 5.27. The van der Waals surface area contributed by atoms with Crippen molar-refractivity contribution in [2.24, 2.45) is 0 Å². The molecule has 1 spiro atoms. The number of carbonyl (C=O) groups excluding carboxylic acids is 1. The van der Waals surface area contributed by atoms with E-state index in [9.17, 15) is 14.9 Å². The molecular formula is C27H24ClN3O4. The van der Waals surface area contributed by atoms with Crippen molar-refractivity contribution in [3.8, 4) is 5.75 Å². The minimum absolute atomic E-state index is 0.146. The van der Waals surface area contributed by atoms with E-state index in [4.69, 9.17) is 16.3 Å². The average Bonchev–Trinajstić information content (AvgIpc) is 3.52. The minimum Gasteiger partial charge on any atom is -0.489 e. The topological polar surface area (TPSA) is 84.7 Å². The maximum atomic E-state index is 13.6. The summed E-state index contributed by atoms with van der Waals surface area (Å²) in [6.07, 6.45) is 1.66. The molecule has 3 aliphatic heterocycles. The van der Waals surface area contributed by atoms with Crippen LogP contribution in [0.1, 0.15) is 35.4 Å². The second-order valence-electron chi connectivity index (χ2n) is 9.34. The number of nitrogens with one attached hydrogen (secondary N) is 1. The Hall–Kier alpha value is -3.42. The number of rotatable bonds is 5. The van der Waals surface area contributed by atoms with Gasteiger partial charge in [-0.25, -0.2) is 0 Å². The van der Waals surface area contributed by atoms with E-state index in [1.807, 2.05) is 72.8 Å². The van der Waals surface area contributed by atoms with Gasteiger partial charge in [-0.3, -0.25) is 19.8 Å². The SMILES string of the molecule is O=C1Nc2ccccc2[C@]12[C@H]([N+](=O)[O-])[C@H](c1ccccc1OCc1ccccc1Cl)[C@H]1CCCN12. The molecule has 6 rings (SSSR count). The summed E-state index contributed by atoms with van der Waals surface area (Å²) in [5.41, 5.74) is 1.59. The van der Waals surface area contributed by atoms with Gasteiger partial charge in [0.2, 0.25) is 0 Å². The molecule has 3 aromatic rings. The van der Waals surface area contributed by atoms with Crippen LogP contribution >= 0.6 is 11.6 Å². The lowest BCUT2D eigenvalue weighted by molar-refractivity contribution is -0.534. The molecule has 1 N–H and O–H groups in total. The Bertz CT molecular complexity index is 1330. The molecule has 0 radical (unpaired) electrons. The van der Waals surface area contributed by atoms with Crippen LogP contribution in [0.25, 0.3) is 0 Å². The van der Waals surface area contributed by atoms with E-state index < -0.39 is 17.5 Å². The van der Waals surface area contributed by atoms with E-state index in [-0.39, 0.29) is 23.5 Å². The lowest BCUT2D eigenvalue weighted by Crippen LogP contribution is -2.55. The molecule has 7 nitrogen and oxygen atoms in total. The third-order valence-electron chi connectivity index (χ3n) is 7.71.